The highest BCUT2D eigenvalue weighted by Crippen LogP contribution is 2.36. The van der Waals surface area contributed by atoms with E-state index >= 15 is 0 Å². The smallest absolute Gasteiger partial charge is 0.231 e. The Bertz CT molecular complexity index is 987. The second kappa shape index (κ2) is 7.43. The van der Waals surface area contributed by atoms with E-state index in [0.29, 0.717) is 40.6 Å². The maximum atomic E-state index is 12.1. The van der Waals surface area contributed by atoms with Gasteiger partial charge in [-0.25, -0.2) is 4.98 Å². The molecule has 0 aliphatic heterocycles. The lowest BCUT2D eigenvalue weighted by atomic mass is 10.0. The third-order valence-corrected chi connectivity index (χ3v) is 4.49. The first-order chi connectivity index (χ1) is 12.7. The van der Waals surface area contributed by atoms with Crippen molar-refractivity contribution in [2.24, 2.45) is 5.92 Å². The summed E-state index contributed by atoms with van der Waals surface area (Å²) in [6.07, 6.45) is 0.441. The first-order valence-electron chi connectivity index (χ1n) is 9.29. The Morgan fingerprint density at radius 1 is 1.19 bits per heavy atom. The maximum absolute atomic E-state index is 12.1. The summed E-state index contributed by atoms with van der Waals surface area (Å²) in [5.41, 5.74) is 4.34. The highest BCUT2D eigenvalue weighted by Gasteiger charge is 2.17. The van der Waals surface area contributed by atoms with E-state index in [4.69, 9.17) is 4.42 Å². The molecule has 5 heteroatoms. The quantitative estimate of drug-likeness (QED) is 0.575. The molecule has 1 heterocycles. The van der Waals surface area contributed by atoms with Gasteiger partial charge in [0.15, 0.2) is 5.58 Å². The van der Waals surface area contributed by atoms with Crippen LogP contribution in [-0.4, -0.2) is 16.0 Å². The molecular weight excluding hydrogens is 340 g/mol. The van der Waals surface area contributed by atoms with Crippen LogP contribution in [0, 0.1) is 12.8 Å². The predicted molar refractivity (Wildman–Crippen MR) is 108 cm³/mol. The number of carbonyl (C=O) groups excluding carboxylic acids is 1. The zero-order chi connectivity index (χ0) is 19.7. The summed E-state index contributed by atoms with van der Waals surface area (Å²) in [6.45, 7) is 10.0. The summed E-state index contributed by atoms with van der Waals surface area (Å²) in [6, 6.07) is 9.38. The molecule has 142 valence electrons. The molecule has 1 amide bonds. The molecule has 0 saturated carbocycles. The predicted octanol–water partition coefficient (Wildman–Crippen LogP) is 5.62. The van der Waals surface area contributed by atoms with Gasteiger partial charge in [0.05, 0.1) is 5.56 Å². The molecule has 0 unspecified atom stereocenters. The molecule has 3 aromatic rings. The van der Waals surface area contributed by atoms with Gasteiger partial charge in [-0.3, -0.25) is 4.79 Å². The number of phenols is 1. The lowest BCUT2D eigenvalue weighted by Gasteiger charge is -2.11. The standard InChI is InChI=1S/C22H26N2O3/c1-12(2)8-20(25)23-16-9-14(5)21(26)17(11-16)22-24-18-10-15(13(3)4)6-7-19(18)27-22/h6-7,9-13,26H,8H2,1-5H3,(H,23,25). The number of oxazole rings is 1. The largest absolute Gasteiger partial charge is 0.507 e. The van der Waals surface area contributed by atoms with Crippen LogP contribution >= 0.6 is 0 Å². The minimum Gasteiger partial charge on any atom is -0.507 e. The number of rotatable bonds is 5. The van der Waals surface area contributed by atoms with Crippen LogP contribution in [0.3, 0.4) is 0 Å². The van der Waals surface area contributed by atoms with Crippen LogP contribution in [0.4, 0.5) is 5.69 Å². The van der Waals surface area contributed by atoms with E-state index in [2.05, 4.69) is 24.1 Å². The van der Waals surface area contributed by atoms with Gasteiger partial charge in [0, 0.05) is 12.1 Å². The molecule has 0 aliphatic rings. The van der Waals surface area contributed by atoms with Crippen molar-refractivity contribution in [1.82, 2.24) is 4.98 Å². The van der Waals surface area contributed by atoms with Gasteiger partial charge in [0.2, 0.25) is 11.8 Å². The van der Waals surface area contributed by atoms with Crippen molar-refractivity contribution < 1.29 is 14.3 Å². The first-order valence-corrected chi connectivity index (χ1v) is 9.29. The third kappa shape index (κ3) is 4.13. The van der Waals surface area contributed by atoms with Crippen molar-refractivity contribution in [2.75, 3.05) is 5.32 Å². The van der Waals surface area contributed by atoms with Crippen LogP contribution in [-0.2, 0) is 4.79 Å². The second-order valence-corrected chi connectivity index (χ2v) is 7.74. The number of aryl methyl sites for hydroxylation is 1. The van der Waals surface area contributed by atoms with E-state index in [1.165, 1.54) is 5.56 Å². The molecule has 0 saturated heterocycles. The molecule has 2 aromatic carbocycles. The topological polar surface area (TPSA) is 75.4 Å². The number of hydrogen-bond donors (Lipinski definition) is 2. The molecule has 3 rings (SSSR count). The van der Waals surface area contributed by atoms with Crippen LogP contribution in [0.1, 0.15) is 51.2 Å². The molecule has 0 aliphatic carbocycles. The Hall–Kier alpha value is -2.82. The second-order valence-electron chi connectivity index (χ2n) is 7.74. The summed E-state index contributed by atoms with van der Waals surface area (Å²) in [7, 11) is 0. The molecule has 27 heavy (non-hydrogen) atoms. The molecule has 5 nitrogen and oxygen atoms in total. The molecule has 0 radical (unpaired) electrons. The SMILES string of the molecule is Cc1cc(NC(=O)CC(C)C)cc(-c2nc3cc(C(C)C)ccc3o2)c1O. The number of benzene rings is 2. The van der Waals surface area contributed by atoms with Gasteiger partial charge in [-0.2, -0.15) is 0 Å². The molecule has 2 N–H and O–H groups in total. The van der Waals surface area contributed by atoms with Gasteiger partial charge >= 0.3 is 0 Å². The van der Waals surface area contributed by atoms with E-state index in [1.54, 1.807) is 19.1 Å². The first kappa shape index (κ1) is 19.0. The van der Waals surface area contributed by atoms with E-state index in [9.17, 15) is 9.90 Å². The van der Waals surface area contributed by atoms with E-state index in [1.807, 2.05) is 32.0 Å². The van der Waals surface area contributed by atoms with Gasteiger partial charge in [-0.1, -0.05) is 33.8 Å². The van der Waals surface area contributed by atoms with Crippen LogP contribution in [0.15, 0.2) is 34.7 Å². The van der Waals surface area contributed by atoms with E-state index < -0.39 is 0 Å². The average Bonchev–Trinajstić information content (AvgIpc) is 2.99. The van der Waals surface area contributed by atoms with Crippen molar-refractivity contribution in [3.05, 3.63) is 41.5 Å². The Morgan fingerprint density at radius 3 is 2.59 bits per heavy atom. The van der Waals surface area contributed by atoms with Gasteiger partial charge < -0.3 is 14.8 Å². The maximum Gasteiger partial charge on any atom is 0.231 e. The molecule has 0 bridgehead atoms. The van der Waals surface area contributed by atoms with Crippen molar-refractivity contribution in [2.45, 2.75) is 47.0 Å². The summed E-state index contributed by atoms with van der Waals surface area (Å²) in [5.74, 6) is 1.05. The molecule has 0 fully saturated rings. The summed E-state index contributed by atoms with van der Waals surface area (Å²) < 4.78 is 5.87. The Kier molecular flexibility index (Phi) is 5.22. The number of carbonyl (C=O) groups is 1. The number of hydrogen-bond acceptors (Lipinski definition) is 4. The van der Waals surface area contributed by atoms with Crippen molar-refractivity contribution in [3.63, 3.8) is 0 Å². The zero-order valence-electron chi connectivity index (χ0n) is 16.5. The van der Waals surface area contributed by atoms with Crippen molar-refractivity contribution in [1.29, 1.82) is 0 Å². The van der Waals surface area contributed by atoms with E-state index in [-0.39, 0.29) is 17.6 Å². The monoisotopic (exact) mass is 366 g/mol. The zero-order valence-corrected chi connectivity index (χ0v) is 16.5. The lowest BCUT2D eigenvalue weighted by molar-refractivity contribution is -0.116. The number of phenolic OH excluding ortho intramolecular Hbond substituents is 1. The fraction of sp³-hybridized carbons (Fsp3) is 0.364. The number of anilines is 1. The average molecular weight is 366 g/mol. The summed E-state index contributed by atoms with van der Waals surface area (Å²) in [5, 5.41) is 13.4. The minimum absolute atomic E-state index is 0.0554. The third-order valence-electron chi connectivity index (χ3n) is 4.49. The van der Waals surface area contributed by atoms with Gasteiger partial charge in [0.25, 0.3) is 0 Å². The molecule has 1 aromatic heterocycles. The van der Waals surface area contributed by atoms with Crippen LogP contribution < -0.4 is 5.32 Å². The number of nitrogens with one attached hydrogen (secondary N) is 1. The van der Waals surface area contributed by atoms with Crippen LogP contribution in [0.5, 0.6) is 5.75 Å². The molecule has 0 spiro atoms. The normalized spacial score (nSPS) is 11.5. The highest BCUT2D eigenvalue weighted by molar-refractivity contribution is 5.92. The fourth-order valence-corrected chi connectivity index (χ4v) is 3.02. The number of amides is 1. The fourth-order valence-electron chi connectivity index (χ4n) is 3.02. The Labute approximate surface area is 159 Å². The van der Waals surface area contributed by atoms with Crippen molar-refractivity contribution >= 4 is 22.7 Å². The minimum atomic E-state index is -0.0554. The Morgan fingerprint density at radius 2 is 1.93 bits per heavy atom. The molecular formula is C22H26N2O3. The number of aromatic nitrogens is 1. The van der Waals surface area contributed by atoms with Crippen LogP contribution in [0.25, 0.3) is 22.6 Å². The number of fused-ring (bicyclic) bond motifs is 1. The van der Waals surface area contributed by atoms with Crippen LogP contribution in [0.2, 0.25) is 0 Å². The Balaban J connectivity index is 2.00. The summed E-state index contributed by atoms with van der Waals surface area (Å²) in [4.78, 5) is 16.7. The highest BCUT2D eigenvalue weighted by atomic mass is 16.3. The van der Waals surface area contributed by atoms with E-state index in [0.717, 1.165) is 5.52 Å². The molecule has 0 atom stereocenters. The van der Waals surface area contributed by atoms with Gasteiger partial charge in [0.1, 0.15) is 11.3 Å². The number of nitrogens with zero attached hydrogens (tertiary/aromatic N) is 1. The van der Waals surface area contributed by atoms with Gasteiger partial charge in [-0.15, -0.1) is 0 Å². The lowest BCUT2D eigenvalue weighted by Crippen LogP contribution is -2.14. The van der Waals surface area contributed by atoms with Gasteiger partial charge in [-0.05, 0) is 54.2 Å². The number of aromatic hydroxyl groups is 1. The van der Waals surface area contributed by atoms with Crippen molar-refractivity contribution in [3.8, 4) is 17.2 Å². The summed E-state index contributed by atoms with van der Waals surface area (Å²) >= 11 is 0.